The van der Waals surface area contributed by atoms with Gasteiger partial charge in [0.25, 0.3) is 5.65 Å². The summed E-state index contributed by atoms with van der Waals surface area (Å²) in [6.45, 7) is 3.34. The first-order chi connectivity index (χ1) is 13.3. The second kappa shape index (κ2) is 7.59. The standard InChI is InChI=1S/C24H24N3.HI/c1-3-4-15-25(2)20-12-13-23-19(16-20)9-11-21-17-26-22-8-6-5-7-18(22)10-14-24(26)27(21)23;/h5-14,16-17H,3-4,15H2,1-2H3;1H/q+1;/p-1. The Morgan fingerprint density at radius 3 is 2.61 bits per heavy atom. The summed E-state index contributed by atoms with van der Waals surface area (Å²) in [4.78, 5) is 2.35. The summed E-state index contributed by atoms with van der Waals surface area (Å²) in [6.07, 6.45) is 4.68. The lowest BCUT2D eigenvalue weighted by molar-refractivity contribution is -0.479. The van der Waals surface area contributed by atoms with Crippen LogP contribution < -0.4 is 33.3 Å². The molecule has 28 heavy (non-hydrogen) atoms. The van der Waals surface area contributed by atoms with Crippen LogP contribution in [0.2, 0.25) is 0 Å². The highest BCUT2D eigenvalue weighted by Gasteiger charge is 2.17. The van der Waals surface area contributed by atoms with Crippen LogP contribution in [0.1, 0.15) is 19.8 Å². The van der Waals surface area contributed by atoms with Crippen molar-refractivity contribution in [2.24, 2.45) is 0 Å². The van der Waals surface area contributed by atoms with Crippen LogP contribution in [0.15, 0.2) is 72.9 Å². The van der Waals surface area contributed by atoms with Gasteiger partial charge in [-0.1, -0.05) is 31.5 Å². The van der Waals surface area contributed by atoms with Crippen LogP contribution in [-0.4, -0.2) is 18.0 Å². The molecule has 142 valence electrons. The van der Waals surface area contributed by atoms with Gasteiger partial charge in [0.05, 0.1) is 0 Å². The van der Waals surface area contributed by atoms with Gasteiger partial charge in [0.15, 0.2) is 5.52 Å². The van der Waals surface area contributed by atoms with Gasteiger partial charge in [-0.3, -0.25) is 0 Å². The summed E-state index contributed by atoms with van der Waals surface area (Å²) < 4.78 is 4.66. The van der Waals surface area contributed by atoms with Crippen molar-refractivity contribution in [1.82, 2.24) is 4.40 Å². The van der Waals surface area contributed by atoms with Gasteiger partial charge in [-0.15, -0.1) is 0 Å². The number of nitrogens with zero attached hydrogens (tertiary/aromatic N) is 3. The Labute approximate surface area is 182 Å². The molecule has 3 heterocycles. The topological polar surface area (TPSA) is 11.8 Å². The smallest absolute Gasteiger partial charge is 0.292 e. The number of hydrogen-bond acceptors (Lipinski definition) is 1. The normalized spacial score (nSPS) is 11.4. The molecule has 4 heteroatoms. The van der Waals surface area contributed by atoms with Crippen molar-refractivity contribution in [1.29, 1.82) is 0 Å². The van der Waals surface area contributed by atoms with Crippen molar-refractivity contribution in [2.75, 3.05) is 18.5 Å². The van der Waals surface area contributed by atoms with E-state index in [2.05, 4.69) is 101 Å². The van der Waals surface area contributed by atoms with Gasteiger partial charge in [0, 0.05) is 36.1 Å². The first kappa shape index (κ1) is 19.0. The fraction of sp³-hybridized carbons (Fsp3) is 0.208. The van der Waals surface area contributed by atoms with E-state index in [1.807, 2.05) is 0 Å². The maximum absolute atomic E-state index is 2.36. The molecule has 0 spiro atoms. The number of unbranched alkanes of at least 4 members (excludes halogenated alkanes) is 1. The first-order valence-corrected chi connectivity index (χ1v) is 9.75. The SMILES string of the molecule is CCCCN(C)c1ccc2c(ccc3c[n+]4c5ccccc5ccc4n32)c1.[I-]. The molecule has 0 saturated carbocycles. The number of pyridine rings is 2. The third kappa shape index (κ3) is 3.00. The Balaban J connectivity index is 0.00000192. The monoisotopic (exact) mass is 481 g/mol. The molecule has 2 aromatic carbocycles. The highest BCUT2D eigenvalue weighted by molar-refractivity contribution is 5.88. The molecule has 0 aliphatic carbocycles. The molecule has 0 aliphatic heterocycles. The molecule has 0 fully saturated rings. The van der Waals surface area contributed by atoms with Crippen LogP contribution in [0.25, 0.3) is 33.0 Å². The summed E-state index contributed by atoms with van der Waals surface area (Å²) in [7, 11) is 2.18. The zero-order valence-corrected chi connectivity index (χ0v) is 18.4. The molecule has 5 aromatic rings. The minimum Gasteiger partial charge on any atom is -1.00 e. The second-order valence-electron chi connectivity index (χ2n) is 7.36. The lowest BCUT2D eigenvalue weighted by Crippen LogP contribution is -3.00. The van der Waals surface area contributed by atoms with Crippen LogP contribution in [0.5, 0.6) is 0 Å². The van der Waals surface area contributed by atoms with Crippen LogP contribution in [0, 0.1) is 0 Å². The molecule has 0 unspecified atom stereocenters. The maximum Gasteiger partial charge on any atom is 0.292 e. The Kier molecular flexibility index (Phi) is 5.15. The van der Waals surface area contributed by atoms with Gasteiger partial charge in [-0.25, -0.2) is 0 Å². The molecular formula is C24H24IN3. The number of anilines is 1. The average molecular weight is 481 g/mol. The summed E-state index contributed by atoms with van der Waals surface area (Å²) in [5.74, 6) is 0. The zero-order valence-electron chi connectivity index (χ0n) is 16.3. The molecule has 0 amide bonds. The number of aromatic nitrogens is 2. The first-order valence-electron chi connectivity index (χ1n) is 9.75. The van der Waals surface area contributed by atoms with E-state index >= 15 is 0 Å². The number of fused-ring (bicyclic) bond motifs is 7. The molecule has 3 nitrogen and oxygen atoms in total. The summed E-state index contributed by atoms with van der Waals surface area (Å²) >= 11 is 0. The van der Waals surface area contributed by atoms with E-state index in [-0.39, 0.29) is 24.0 Å². The minimum atomic E-state index is 0. The van der Waals surface area contributed by atoms with Crippen molar-refractivity contribution in [3.05, 3.63) is 72.9 Å². The van der Waals surface area contributed by atoms with Gasteiger partial charge in [-0.2, -0.15) is 8.80 Å². The molecule has 0 radical (unpaired) electrons. The van der Waals surface area contributed by atoms with E-state index in [9.17, 15) is 0 Å². The molecule has 0 atom stereocenters. The van der Waals surface area contributed by atoms with E-state index in [1.165, 1.54) is 51.5 Å². The number of imidazole rings is 1. The number of para-hydroxylation sites is 1. The fourth-order valence-electron chi connectivity index (χ4n) is 4.05. The van der Waals surface area contributed by atoms with Crippen LogP contribution >= 0.6 is 0 Å². The molecule has 0 bridgehead atoms. The molecular weight excluding hydrogens is 457 g/mol. The van der Waals surface area contributed by atoms with Crippen molar-refractivity contribution in [3.8, 4) is 0 Å². The Hall–Kier alpha value is -2.34. The quantitative estimate of drug-likeness (QED) is 0.283. The van der Waals surface area contributed by atoms with Crippen LogP contribution in [0.3, 0.4) is 0 Å². The fourth-order valence-corrected chi connectivity index (χ4v) is 4.05. The van der Waals surface area contributed by atoms with Crippen molar-refractivity contribution >= 4 is 38.7 Å². The molecule has 5 rings (SSSR count). The third-order valence-corrected chi connectivity index (χ3v) is 5.58. The van der Waals surface area contributed by atoms with E-state index < -0.39 is 0 Å². The molecule has 3 aromatic heterocycles. The highest BCUT2D eigenvalue weighted by atomic mass is 127. The van der Waals surface area contributed by atoms with Gasteiger partial charge in [0.2, 0.25) is 0 Å². The lowest BCUT2D eigenvalue weighted by atomic mass is 10.1. The predicted molar refractivity (Wildman–Crippen MR) is 114 cm³/mol. The van der Waals surface area contributed by atoms with E-state index in [0.717, 1.165) is 6.54 Å². The largest absolute Gasteiger partial charge is 1.00 e. The number of benzene rings is 2. The summed E-state index contributed by atoms with van der Waals surface area (Å²) in [5.41, 5.74) is 6.18. The van der Waals surface area contributed by atoms with Gasteiger partial charge in [-0.05, 0) is 48.9 Å². The van der Waals surface area contributed by atoms with Crippen molar-refractivity contribution in [3.63, 3.8) is 0 Å². The maximum atomic E-state index is 2.36. The molecule has 0 N–H and O–H groups in total. The zero-order chi connectivity index (χ0) is 18.4. The summed E-state index contributed by atoms with van der Waals surface area (Å²) in [6, 6.07) is 24.3. The van der Waals surface area contributed by atoms with Crippen LogP contribution in [-0.2, 0) is 0 Å². The van der Waals surface area contributed by atoms with E-state index in [0.29, 0.717) is 0 Å². The van der Waals surface area contributed by atoms with Gasteiger partial charge >= 0.3 is 0 Å². The Morgan fingerprint density at radius 1 is 0.929 bits per heavy atom. The highest BCUT2D eigenvalue weighted by Crippen LogP contribution is 2.25. The second-order valence-corrected chi connectivity index (χ2v) is 7.36. The lowest BCUT2D eigenvalue weighted by Gasteiger charge is -2.19. The van der Waals surface area contributed by atoms with Gasteiger partial charge < -0.3 is 28.9 Å². The van der Waals surface area contributed by atoms with E-state index in [1.54, 1.807) is 0 Å². The Bertz CT molecular complexity index is 1290. The predicted octanol–water partition coefficient (Wildman–Crippen LogP) is 2.22. The summed E-state index contributed by atoms with van der Waals surface area (Å²) in [5, 5.41) is 2.53. The number of rotatable bonds is 4. The minimum absolute atomic E-state index is 0. The molecule has 0 saturated heterocycles. The Morgan fingerprint density at radius 2 is 1.75 bits per heavy atom. The third-order valence-electron chi connectivity index (χ3n) is 5.58. The molecule has 0 aliphatic rings. The van der Waals surface area contributed by atoms with Crippen molar-refractivity contribution < 1.29 is 28.4 Å². The average Bonchev–Trinajstić information content (AvgIpc) is 3.11. The van der Waals surface area contributed by atoms with Crippen molar-refractivity contribution in [2.45, 2.75) is 19.8 Å². The number of halogens is 1. The van der Waals surface area contributed by atoms with E-state index in [4.69, 9.17) is 0 Å². The van der Waals surface area contributed by atoms with Crippen LogP contribution in [0.4, 0.5) is 5.69 Å². The number of hydrogen-bond donors (Lipinski definition) is 0. The van der Waals surface area contributed by atoms with Gasteiger partial charge in [0.1, 0.15) is 17.2 Å².